The molecule has 3 heteroatoms. The van der Waals surface area contributed by atoms with Crippen LogP contribution in [0.3, 0.4) is 0 Å². The third-order valence-electron chi connectivity index (χ3n) is 1.69. The molecule has 5 N–H and O–H groups in total. The number of nitrogens with two attached hydrogens (primary N) is 2. The van der Waals surface area contributed by atoms with Gasteiger partial charge in [-0.1, -0.05) is 6.08 Å². The molecule has 0 aromatic rings. The van der Waals surface area contributed by atoms with Gasteiger partial charge in [0.1, 0.15) is 5.66 Å². The number of allylic oxidation sites excluding steroid dienone is 2. The Balaban J connectivity index is 2.78. The fourth-order valence-electron chi connectivity index (χ4n) is 0.985. The maximum atomic E-state index is 5.89. The lowest BCUT2D eigenvalue weighted by atomic mass is 10.0. The van der Waals surface area contributed by atoms with E-state index in [9.17, 15) is 0 Å². The van der Waals surface area contributed by atoms with Gasteiger partial charge in [0.2, 0.25) is 0 Å². The van der Waals surface area contributed by atoms with Crippen molar-refractivity contribution in [2.45, 2.75) is 12.1 Å². The Morgan fingerprint density at radius 1 is 1.73 bits per heavy atom. The van der Waals surface area contributed by atoms with E-state index in [-0.39, 0.29) is 0 Å². The molecule has 1 aliphatic rings. The van der Waals surface area contributed by atoms with Crippen molar-refractivity contribution >= 4 is 0 Å². The van der Waals surface area contributed by atoms with Crippen LogP contribution in [0.1, 0.15) is 6.42 Å². The molecule has 0 fully saturated rings. The first-order valence-corrected chi connectivity index (χ1v) is 3.49. The summed E-state index contributed by atoms with van der Waals surface area (Å²) in [4.78, 5) is 0. The summed E-state index contributed by atoms with van der Waals surface area (Å²) in [7, 11) is 0. The van der Waals surface area contributed by atoms with Crippen LogP contribution in [0.2, 0.25) is 0 Å². The molecule has 11 heavy (non-hydrogen) atoms. The van der Waals surface area contributed by atoms with Crippen LogP contribution in [0.4, 0.5) is 0 Å². The maximum Gasteiger partial charge on any atom is 0.130 e. The second kappa shape index (κ2) is 2.80. The molecule has 0 amide bonds. The van der Waals surface area contributed by atoms with E-state index in [2.05, 4.69) is 11.9 Å². The molecular formula is C8H13N3. The topological polar surface area (TPSA) is 64.1 Å². The molecule has 0 saturated carbocycles. The van der Waals surface area contributed by atoms with Gasteiger partial charge in [0.15, 0.2) is 0 Å². The summed E-state index contributed by atoms with van der Waals surface area (Å²) in [5.41, 5.74) is 11.6. The van der Waals surface area contributed by atoms with Crippen molar-refractivity contribution in [1.29, 1.82) is 0 Å². The lowest BCUT2D eigenvalue weighted by Crippen LogP contribution is -2.55. The van der Waals surface area contributed by atoms with Crippen molar-refractivity contribution in [3.05, 3.63) is 36.7 Å². The fraction of sp³-hybridized carbons (Fsp3) is 0.250. The van der Waals surface area contributed by atoms with Gasteiger partial charge >= 0.3 is 0 Å². The van der Waals surface area contributed by atoms with Crippen LogP contribution in [-0.2, 0) is 0 Å². The predicted molar refractivity (Wildman–Crippen MR) is 46.3 cm³/mol. The fourth-order valence-corrected chi connectivity index (χ4v) is 0.985. The van der Waals surface area contributed by atoms with E-state index in [4.69, 9.17) is 11.5 Å². The van der Waals surface area contributed by atoms with E-state index in [1.807, 2.05) is 6.08 Å². The van der Waals surface area contributed by atoms with Crippen LogP contribution >= 0.6 is 0 Å². The van der Waals surface area contributed by atoms with Gasteiger partial charge in [-0.05, 0) is 18.4 Å². The highest BCUT2D eigenvalue weighted by Gasteiger charge is 2.25. The monoisotopic (exact) mass is 151 g/mol. The zero-order valence-corrected chi connectivity index (χ0v) is 6.38. The van der Waals surface area contributed by atoms with Gasteiger partial charge in [-0.3, -0.25) is 0 Å². The maximum absolute atomic E-state index is 5.89. The molecule has 0 aliphatic carbocycles. The molecule has 0 bridgehead atoms. The van der Waals surface area contributed by atoms with Crippen molar-refractivity contribution in [3.63, 3.8) is 0 Å². The number of rotatable bonds is 2. The second-order valence-electron chi connectivity index (χ2n) is 2.59. The molecule has 0 radical (unpaired) electrons. The Bertz CT molecular complexity index is 213. The van der Waals surface area contributed by atoms with Crippen LogP contribution in [0, 0.1) is 0 Å². The molecular weight excluding hydrogens is 138 g/mol. The first-order chi connectivity index (χ1) is 5.19. The Morgan fingerprint density at radius 3 is 3.00 bits per heavy atom. The predicted octanol–water partition coefficient (Wildman–Crippen LogP) is 0.177. The van der Waals surface area contributed by atoms with Crippen molar-refractivity contribution in [2.75, 3.05) is 0 Å². The first kappa shape index (κ1) is 7.88. The SMILES string of the molecule is C=CCC1(N)NC=CC=C1N. The third-order valence-corrected chi connectivity index (χ3v) is 1.69. The molecule has 0 aromatic carbocycles. The third kappa shape index (κ3) is 1.43. The van der Waals surface area contributed by atoms with Crippen LogP contribution < -0.4 is 16.8 Å². The van der Waals surface area contributed by atoms with E-state index in [1.165, 1.54) is 0 Å². The van der Waals surface area contributed by atoms with Crippen molar-refractivity contribution < 1.29 is 0 Å². The van der Waals surface area contributed by atoms with Crippen LogP contribution in [0.25, 0.3) is 0 Å². The standard InChI is InChI=1S/C8H13N3/c1-2-5-8(10)7(9)4-3-6-11-8/h2-4,6,11H,1,5,9-10H2. The van der Waals surface area contributed by atoms with E-state index < -0.39 is 5.66 Å². The summed E-state index contributed by atoms with van der Waals surface area (Å²) >= 11 is 0. The highest BCUT2D eigenvalue weighted by molar-refractivity contribution is 5.26. The Hall–Kier alpha value is -1.22. The van der Waals surface area contributed by atoms with Gasteiger partial charge in [0, 0.05) is 12.1 Å². The molecule has 1 heterocycles. The molecule has 0 spiro atoms. The van der Waals surface area contributed by atoms with Gasteiger partial charge in [-0.2, -0.15) is 0 Å². The largest absolute Gasteiger partial charge is 0.399 e. The van der Waals surface area contributed by atoms with E-state index in [1.54, 1.807) is 18.4 Å². The number of dihydropyridines is 1. The summed E-state index contributed by atoms with van der Waals surface area (Å²) in [5.74, 6) is 0. The highest BCUT2D eigenvalue weighted by Crippen LogP contribution is 2.13. The Morgan fingerprint density at radius 2 is 2.45 bits per heavy atom. The van der Waals surface area contributed by atoms with Crippen LogP contribution in [0.15, 0.2) is 36.7 Å². The average molecular weight is 151 g/mol. The van der Waals surface area contributed by atoms with Gasteiger partial charge < -0.3 is 16.8 Å². The Labute approximate surface area is 66.4 Å². The molecule has 1 rings (SSSR count). The minimum atomic E-state index is -0.628. The average Bonchev–Trinajstić information content (AvgIpc) is 1.96. The smallest absolute Gasteiger partial charge is 0.130 e. The van der Waals surface area contributed by atoms with Crippen molar-refractivity contribution in [2.24, 2.45) is 11.5 Å². The second-order valence-corrected chi connectivity index (χ2v) is 2.59. The summed E-state index contributed by atoms with van der Waals surface area (Å²) < 4.78 is 0. The minimum absolute atomic E-state index is 0.625. The number of nitrogens with one attached hydrogen (secondary N) is 1. The summed E-state index contributed by atoms with van der Waals surface area (Å²) in [6.45, 7) is 3.61. The highest BCUT2D eigenvalue weighted by atomic mass is 15.1. The zero-order chi connectivity index (χ0) is 8.32. The first-order valence-electron chi connectivity index (χ1n) is 3.49. The van der Waals surface area contributed by atoms with Gasteiger partial charge in [0.05, 0.1) is 0 Å². The van der Waals surface area contributed by atoms with Crippen molar-refractivity contribution in [1.82, 2.24) is 5.32 Å². The molecule has 1 unspecified atom stereocenters. The molecule has 3 nitrogen and oxygen atoms in total. The van der Waals surface area contributed by atoms with Gasteiger partial charge in [0.25, 0.3) is 0 Å². The van der Waals surface area contributed by atoms with Crippen LogP contribution in [-0.4, -0.2) is 5.66 Å². The Kier molecular flexibility index (Phi) is 2.01. The summed E-state index contributed by atoms with van der Waals surface area (Å²) in [6.07, 6.45) is 7.76. The molecule has 1 atom stereocenters. The summed E-state index contributed by atoms with van der Waals surface area (Å²) in [6, 6.07) is 0. The van der Waals surface area contributed by atoms with Gasteiger partial charge in [-0.25, -0.2) is 0 Å². The normalized spacial score (nSPS) is 29.0. The van der Waals surface area contributed by atoms with Crippen LogP contribution in [0.5, 0.6) is 0 Å². The lowest BCUT2D eigenvalue weighted by Gasteiger charge is -2.31. The zero-order valence-electron chi connectivity index (χ0n) is 6.38. The van der Waals surface area contributed by atoms with E-state index in [0.717, 1.165) is 0 Å². The molecule has 0 aromatic heterocycles. The quantitative estimate of drug-likeness (QED) is 0.493. The molecule has 60 valence electrons. The lowest BCUT2D eigenvalue weighted by molar-refractivity contribution is 0.441. The van der Waals surface area contributed by atoms with E-state index >= 15 is 0 Å². The molecule has 0 saturated heterocycles. The van der Waals surface area contributed by atoms with E-state index in [0.29, 0.717) is 12.1 Å². The number of hydrogen-bond acceptors (Lipinski definition) is 3. The summed E-state index contributed by atoms with van der Waals surface area (Å²) in [5, 5.41) is 2.98. The van der Waals surface area contributed by atoms with Crippen molar-refractivity contribution in [3.8, 4) is 0 Å². The number of hydrogen-bond donors (Lipinski definition) is 3. The minimum Gasteiger partial charge on any atom is -0.399 e. The molecule has 1 aliphatic heterocycles. The van der Waals surface area contributed by atoms with Gasteiger partial charge in [-0.15, -0.1) is 6.58 Å².